The highest BCUT2D eigenvalue weighted by molar-refractivity contribution is 6.09. The summed E-state index contributed by atoms with van der Waals surface area (Å²) in [6.45, 7) is 3.62. The van der Waals surface area contributed by atoms with E-state index in [4.69, 9.17) is 4.74 Å². The third kappa shape index (κ3) is 5.75. The number of carbonyl (C=O) groups excluding carboxylic acids is 1. The van der Waals surface area contributed by atoms with Crippen LogP contribution in [0.2, 0.25) is 0 Å². The van der Waals surface area contributed by atoms with Gasteiger partial charge in [0.15, 0.2) is 0 Å². The number of aromatic nitrogens is 1. The molecule has 188 valence electrons. The molecule has 0 saturated carbocycles. The first-order chi connectivity index (χ1) is 17.2. The fourth-order valence-electron chi connectivity index (χ4n) is 4.41. The lowest BCUT2D eigenvalue weighted by Gasteiger charge is -2.33. The molecule has 2 aliphatic rings. The largest absolute Gasteiger partial charge is 0.465 e. The number of methoxy groups -OCH3 is 1. The predicted molar refractivity (Wildman–Crippen MR) is 134 cm³/mol. The number of nitrogens with zero attached hydrogens (tertiary/aromatic N) is 3. The van der Waals surface area contributed by atoms with E-state index < -0.39 is 18.6 Å². The Kier molecular flexibility index (Phi) is 7.43. The third-order valence-corrected chi connectivity index (χ3v) is 6.26. The number of aliphatic imine (C=N–C) groups is 1. The van der Waals surface area contributed by atoms with E-state index in [2.05, 4.69) is 29.1 Å². The summed E-state index contributed by atoms with van der Waals surface area (Å²) < 4.78 is 43.5. The molecule has 1 unspecified atom stereocenters. The molecule has 2 aromatic rings. The van der Waals surface area contributed by atoms with Gasteiger partial charge in [-0.05, 0) is 65.8 Å². The van der Waals surface area contributed by atoms with E-state index in [1.54, 1.807) is 18.5 Å². The van der Waals surface area contributed by atoms with Crippen molar-refractivity contribution in [1.82, 2.24) is 9.88 Å². The van der Waals surface area contributed by atoms with E-state index in [0.29, 0.717) is 17.7 Å². The van der Waals surface area contributed by atoms with Crippen molar-refractivity contribution in [2.45, 2.75) is 39.3 Å². The number of halogens is 3. The number of pyridine rings is 1. The van der Waals surface area contributed by atoms with Crippen molar-refractivity contribution in [1.29, 1.82) is 0 Å². The molecular formula is C28H28F3N3O2. The quantitative estimate of drug-likeness (QED) is 0.440. The van der Waals surface area contributed by atoms with Gasteiger partial charge < -0.3 is 9.64 Å². The van der Waals surface area contributed by atoms with Gasteiger partial charge in [-0.2, -0.15) is 13.2 Å². The zero-order valence-electron chi connectivity index (χ0n) is 20.5. The van der Waals surface area contributed by atoms with E-state index in [0.717, 1.165) is 40.1 Å². The fraction of sp³-hybridized carbons (Fsp3) is 0.321. The van der Waals surface area contributed by atoms with Crippen molar-refractivity contribution in [2.24, 2.45) is 10.9 Å². The van der Waals surface area contributed by atoms with Gasteiger partial charge in [0.05, 0.1) is 30.5 Å². The van der Waals surface area contributed by atoms with Crippen LogP contribution in [0.3, 0.4) is 0 Å². The molecule has 1 aromatic carbocycles. The Bertz CT molecular complexity index is 1260. The Balaban J connectivity index is 1.81. The number of ether oxygens (including phenoxy) is 1. The lowest BCUT2D eigenvalue weighted by atomic mass is 9.94. The van der Waals surface area contributed by atoms with Crippen LogP contribution >= 0.6 is 0 Å². The molecule has 0 aliphatic carbocycles. The van der Waals surface area contributed by atoms with Crippen molar-refractivity contribution < 1.29 is 22.7 Å². The van der Waals surface area contributed by atoms with E-state index in [1.807, 2.05) is 42.3 Å². The molecule has 2 aliphatic heterocycles. The van der Waals surface area contributed by atoms with Gasteiger partial charge in [0.25, 0.3) is 0 Å². The van der Waals surface area contributed by atoms with E-state index in [-0.39, 0.29) is 12.5 Å². The monoisotopic (exact) mass is 495 g/mol. The molecule has 36 heavy (non-hydrogen) atoms. The highest BCUT2D eigenvalue weighted by Gasteiger charge is 2.30. The number of allylic oxidation sites excluding steroid dienone is 4. The zero-order chi connectivity index (χ0) is 25.9. The molecule has 1 atom stereocenters. The molecule has 4 rings (SSSR count). The summed E-state index contributed by atoms with van der Waals surface area (Å²) in [6.07, 6.45) is 5.53. The summed E-state index contributed by atoms with van der Waals surface area (Å²) >= 11 is 0. The van der Waals surface area contributed by atoms with Gasteiger partial charge in [-0.25, -0.2) is 4.79 Å². The second kappa shape index (κ2) is 10.5. The molecule has 8 heteroatoms. The summed E-state index contributed by atoms with van der Waals surface area (Å²) in [4.78, 5) is 22.6. The van der Waals surface area contributed by atoms with Crippen LogP contribution < -0.4 is 0 Å². The number of fused-ring (bicyclic) bond motifs is 1. The number of aryl methyl sites for hydroxylation is 1. The minimum absolute atomic E-state index is 0.188. The van der Waals surface area contributed by atoms with Crippen LogP contribution in [0.25, 0.3) is 11.3 Å². The molecule has 0 N–H and O–H groups in total. The number of carbonyl (C=O) groups is 1. The Hall–Kier alpha value is -3.68. The van der Waals surface area contributed by atoms with Gasteiger partial charge >= 0.3 is 12.1 Å². The molecule has 0 radical (unpaired) electrons. The zero-order valence-corrected chi connectivity index (χ0v) is 20.5. The molecule has 0 amide bonds. The highest BCUT2D eigenvalue weighted by Crippen LogP contribution is 2.38. The van der Waals surface area contributed by atoms with Gasteiger partial charge in [-0.3, -0.25) is 9.98 Å². The van der Waals surface area contributed by atoms with Crippen LogP contribution in [-0.2, 0) is 4.74 Å². The molecule has 0 bridgehead atoms. The lowest BCUT2D eigenvalue weighted by Crippen LogP contribution is -2.27. The third-order valence-electron chi connectivity index (χ3n) is 6.26. The van der Waals surface area contributed by atoms with E-state index in [1.165, 1.54) is 7.11 Å². The van der Waals surface area contributed by atoms with Gasteiger partial charge in [0, 0.05) is 37.3 Å². The molecule has 5 nitrogen and oxygen atoms in total. The molecular weight excluding hydrogens is 467 g/mol. The average Bonchev–Trinajstić information content (AvgIpc) is 3.02. The van der Waals surface area contributed by atoms with Crippen molar-refractivity contribution in [3.8, 4) is 0 Å². The topological polar surface area (TPSA) is 54.8 Å². The molecule has 0 fully saturated rings. The van der Waals surface area contributed by atoms with Crippen LogP contribution in [-0.4, -0.2) is 41.4 Å². The summed E-state index contributed by atoms with van der Waals surface area (Å²) in [5.74, 6) is -0.215. The van der Waals surface area contributed by atoms with Gasteiger partial charge in [-0.15, -0.1) is 0 Å². The SMILES string of the molecule is COC(=O)c1ccc(C2=CC(C)CC=C3C(=NCCC(F)(F)F)CC(c4ccncc4)=CN32)cc1C. The number of alkyl halides is 3. The summed E-state index contributed by atoms with van der Waals surface area (Å²) in [7, 11) is 1.35. The number of hydrogen-bond acceptors (Lipinski definition) is 5. The van der Waals surface area contributed by atoms with Gasteiger partial charge in [0.1, 0.15) is 0 Å². The van der Waals surface area contributed by atoms with Gasteiger partial charge in [0.2, 0.25) is 0 Å². The van der Waals surface area contributed by atoms with Crippen LogP contribution in [0, 0.1) is 12.8 Å². The highest BCUT2D eigenvalue weighted by atomic mass is 19.4. The second-order valence-corrected chi connectivity index (χ2v) is 9.01. The molecule has 3 heterocycles. The Morgan fingerprint density at radius 1 is 1.17 bits per heavy atom. The van der Waals surface area contributed by atoms with E-state index in [9.17, 15) is 18.0 Å². The standard InChI is InChI=1S/C28H28F3N3O2/c1-18-4-7-25-24(33-13-10-28(29,30)31)16-22(20-8-11-32-12-9-20)17-34(25)26(14-18)21-5-6-23(19(2)15-21)27(35)36-3/h5-9,11-12,14-15,17-18H,4,10,13,16H2,1-3H3. The Morgan fingerprint density at radius 3 is 2.58 bits per heavy atom. The van der Waals surface area contributed by atoms with Crippen molar-refractivity contribution >= 4 is 23.0 Å². The maximum Gasteiger partial charge on any atom is 0.390 e. The Morgan fingerprint density at radius 2 is 1.92 bits per heavy atom. The number of rotatable bonds is 5. The summed E-state index contributed by atoms with van der Waals surface area (Å²) in [5.41, 5.74) is 6.32. The van der Waals surface area contributed by atoms with Crippen LogP contribution in [0.15, 0.2) is 71.8 Å². The first-order valence-corrected chi connectivity index (χ1v) is 11.8. The number of benzene rings is 1. The maximum atomic E-state index is 12.9. The first kappa shape index (κ1) is 25.4. The normalized spacial score (nSPS) is 19.2. The maximum absolute atomic E-state index is 12.9. The average molecular weight is 496 g/mol. The van der Waals surface area contributed by atoms with Crippen molar-refractivity contribution in [3.05, 3.63) is 89.0 Å². The minimum Gasteiger partial charge on any atom is -0.465 e. The lowest BCUT2D eigenvalue weighted by molar-refractivity contribution is -0.132. The van der Waals surface area contributed by atoms with Gasteiger partial charge in [-0.1, -0.05) is 25.1 Å². The first-order valence-electron chi connectivity index (χ1n) is 11.8. The van der Waals surface area contributed by atoms with E-state index >= 15 is 0 Å². The molecule has 0 saturated heterocycles. The predicted octanol–water partition coefficient (Wildman–Crippen LogP) is 6.58. The second-order valence-electron chi connectivity index (χ2n) is 9.01. The smallest absolute Gasteiger partial charge is 0.390 e. The van der Waals surface area contributed by atoms with Crippen molar-refractivity contribution in [2.75, 3.05) is 13.7 Å². The fourth-order valence-corrected chi connectivity index (χ4v) is 4.41. The Labute approximate surface area is 208 Å². The number of esters is 1. The molecule has 0 spiro atoms. The molecule has 1 aromatic heterocycles. The van der Waals surface area contributed by atoms with Crippen molar-refractivity contribution in [3.63, 3.8) is 0 Å². The summed E-state index contributed by atoms with van der Waals surface area (Å²) in [5, 5.41) is 0. The van der Waals surface area contributed by atoms with Crippen LogP contribution in [0.5, 0.6) is 0 Å². The minimum atomic E-state index is -4.27. The van der Waals surface area contributed by atoms with Crippen LogP contribution in [0.1, 0.15) is 53.2 Å². The van der Waals surface area contributed by atoms with Crippen LogP contribution in [0.4, 0.5) is 13.2 Å². The summed E-state index contributed by atoms with van der Waals surface area (Å²) in [6, 6.07) is 9.31. The number of hydrogen-bond donors (Lipinski definition) is 0.